The van der Waals surface area contributed by atoms with Crippen LogP contribution in [0.15, 0.2) is 6.07 Å². The van der Waals surface area contributed by atoms with Crippen molar-refractivity contribution in [2.45, 2.75) is 45.6 Å². The van der Waals surface area contributed by atoms with Crippen molar-refractivity contribution in [3.8, 4) is 0 Å². The molecule has 0 bridgehead atoms. The molecule has 0 radical (unpaired) electrons. The first-order chi connectivity index (χ1) is 7.74. The molecule has 3 heteroatoms. The molecule has 1 N–H and O–H groups in total. The van der Waals surface area contributed by atoms with E-state index in [9.17, 15) is 0 Å². The molecule has 16 heavy (non-hydrogen) atoms. The van der Waals surface area contributed by atoms with E-state index < -0.39 is 0 Å². The summed E-state index contributed by atoms with van der Waals surface area (Å²) in [4.78, 5) is 0. The number of hydrogen-bond acceptors (Lipinski definition) is 2. The molecule has 1 unspecified atom stereocenters. The molecule has 1 aromatic heterocycles. The standard InChI is InChI=1S/C13H23N3/c1-4-11-8-12(16(3)15-11)9-13(14-5-2)10-6-7-10/h8,10,13-14H,4-7,9H2,1-3H3. The van der Waals surface area contributed by atoms with Gasteiger partial charge in [-0.25, -0.2) is 0 Å². The van der Waals surface area contributed by atoms with Crippen LogP contribution in [0.3, 0.4) is 0 Å². The van der Waals surface area contributed by atoms with E-state index >= 15 is 0 Å². The number of nitrogens with zero attached hydrogens (tertiary/aromatic N) is 2. The second kappa shape index (κ2) is 5.00. The minimum Gasteiger partial charge on any atom is -0.314 e. The van der Waals surface area contributed by atoms with Crippen LogP contribution in [0.1, 0.15) is 38.1 Å². The van der Waals surface area contributed by atoms with Gasteiger partial charge < -0.3 is 5.32 Å². The molecule has 0 aliphatic heterocycles. The van der Waals surface area contributed by atoms with E-state index in [0.29, 0.717) is 6.04 Å². The van der Waals surface area contributed by atoms with Gasteiger partial charge in [0, 0.05) is 25.2 Å². The molecule has 0 amide bonds. The fourth-order valence-corrected chi connectivity index (χ4v) is 2.33. The molecule has 90 valence electrons. The van der Waals surface area contributed by atoms with E-state index in [1.54, 1.807) is 0 Å². The molecule has 1 aliphatic carbocycles. The lowest BCUT2D eigenvalue weighted by atomic mass is 10.1. The van der Waals surface area contributed by atoms with E-state index in [-0.39, 0.29) is 0 Å². The summed E-state index contributed by atoms with van der Waals surface area (Å²) in [6.07, 6.45) is 4.96. The number of aryl methyl sites for hydroxylation is 2. The molecule has 0 saturated heterocycles. The molecule has 1 fully saturated rings. The maximum Gasteiger partial charge on any atom is 0.0624 e. The van der Waals surface area contributed by atoms with Gasteiger partial charge in [0.2, 0.25) is 0 Å². The SMILES string of the molecule is CCNC(Cc1cc(CC)nn1C)C1CC1. The highest BCUT2D eigenvalue weighted by Crippen LogP contribution is 2.34. The zero-order valence-corrected chi connectivity index (χ0v) is 10.7. The van der Waals surface area contributed by atoms with Gasteiger partial charge in [0.25, 0.3) is 0 Å². The van der Waals surface area contributed by atoms with E-state index in [2.05, 4.69) is 37.4 Å². The predicted octanol–water partition coefficient (Wildman–Crippen LogP) is 1.91. The lowest BCUT2D eigenvalue weighted by molar-refractivity contribution is 0.460. The summed E-state index contributed by atoms with van der Waals surface area (Å²) in [5.74, 6) is 0.903. The summed E-state index contributed by atoms with van der Waals surface area (Å²) in [5.41, 5.74) is 2.58. The third-order valence-corrected chi connectivity index (χ3v) is 3.48. The van der Waals surface area contributed by atoms with Crippen molar-refractivity contribution in [2.75, 3.05) is 6.54 Å². The predicted molar refractivity (Wildman–Crippen MR) is 66.5 cm³/mol. The van der Waals surface area contributed by atoms with Crippen molar-refractivity contribution in [1.82, 2.24) is 15.1 Å². The fourth-order valence-electron chi connectivity index (χ4n) is 2.33. The first kappa shape index (κ1) is 11.6. The quantitative estimate of drug-likeness (QED) is 0.795. The smallest absolute Gasteiger partial charge is 0.0624 e. The molecular weight excluding hydrogens is 198 g/mol. The van der Waals surface area contributed by atoms with Gasteiger partial charge in [-0.15, -0.1) is 0 Å². The Morgan fingerprint density at radius 1 is 1.50 bits per heavy atom. The van der Waals surface area contributed by atoms with Crippen molar-refractivity contribution < 1.29 is 0 Å². The molecule has 1 heterocycles. The van der Waals surface area contributed by atoms with E-state index in [0.717, 1.165) is 25.3 Å². The van der Waals surface area contributed by atoms with Crippen LogP contribution in [0.25, 0.3) is 0 Å². The molecule has 1 atom stereocenters. The van der Waals surface area contributed by atoms with Crippen LogP contribution < -0.4 is 5.32 Å². The average molecular weight is 221 g/mol. The monoisotopic (exact) mass is 221 g/mol. The molecule has 1 aromatic rings. The van der Waals surface area contributed by atoms with Crippen LogP contribution in [-0.2, 0) is 19.9 Å². The van der Waals surface area contributed by atoms with Crippen molar-refractivity contribution in [3.05, 3.63) is 17.5 Å². The van der Waals surface area contributed by atoms with E-state index in [1.165, 1.54) is 24.2 Å². The summed E-state index contributed by atoms with van der Waals surface area (Å²) in [6, 6.07) is 2.91. The lowest BCUT2D eigenvalue weighted by Crippen LogP contribution is -2.33. The zero-order valence-electron chi connectivity index (χ0n) is 10.7. The van der Waals surface area contributed by atoms with Gasteiger partial charge in [-0.1, -0.05) is 13.8 Å². The Morgan fingerprint density at radius 3 is 2.75 bits per heavy atom. The summed E-state index contributed by atoms with van der Waals surface area (Å²) in [5, 5.41) is 8.12. The molecular formula is C13H23N3. The number of hydrogen-bond donors (Lipinski definition) is 1. The van der Waals surface area contributed by atoms with Gasteiger partial charge in [0.1, 0.15) is 0 Å². The third kappa shape index (κ3) is 2.64. The molecule has 3 nitrogen and oxygen atoms in total. The molecule has 0 spiro atoms. The van der Waals surface area contributed by atoms with Gasteiger partial charge in [-0.05, 0) is 37.8 Å². The van der Waals surface area contributed by atoms with Crippen molar-refractivity contribution in [2.24, 2.45) is 13.0 Å². The minimum atomic E-state index is 0.658. The largest absolute Gasteiger partial charge is 0.314 e. The number of rotatable bonds is 6. The Kier molecular flexibility index (Phi) is 3.64. The van der Waals surface area contributed by atoms with Gasteiger partial charge >= 0.3 is 0 Å². The second-order valence-corrected chi connectivity index (χ2v) is 4.81. The normalized spacial score (nSPS) is 17.7. The average Bonchev–Trinajstić information content (AvgIpc) is 3.05. The highest BCUT2D eigenvalue weighted by molar-refractivity contribution is 5.12. The summed E-state index contributed by atoms with van der Waals surface area (Å²) >= 11 is 0. The van der Waals surface area contributed by atoms with Crippen LogP contribution in [0, 0.1) is 5.92 Å². The zero-order chi connectivity index (χ0) is 11.5. The van der Waals surface area contributed by atoms with Crippen LogP contribution in [0.4, 0.5) is 0 Å². The maximum atomic E-state index is 4.51. The minimum absolute atomic E-state index is 0.658. The Bertz CT molecular complexity index is 339. The van der Waals surface area contributed by atoms with Crippen LogP contribution in [0.2, 0.25) is 0 Å². The first-order valence-corrected chi connectivity index (χ1v) is 6.49. The maximum absolute atomic E-state index is 4.51. The van der Waals surface area contributed by atoms with E-state index in [1.807, 2.05) is 4.68 Å². The Morgan fingerprint density at radius 2 is 2.25 bits per heavy atom. The lowest BCUT2D eigenvalue weighted by Gasteiger charge is -2.16. The highest BCUT2D eigenvalue weighted by Gasteiger charge is 2.31. The Hall–Kier alpha value is -0.830. The summed E-state index contributed by atoms with van der Waals surface area (Å²) in [7, 11) is 2.06. The molecule has 0 aromatic carbocycles. The Labute approximate surface area is 98.2 Å². The topological polar surface area (TPSA) is 29.9 Å². The van der Waals surface area contributed by atoms with Crippen molar-refractivity contribution >= 4 is 0 Å². The third-order valence-electron chi connectivity index (χ3n) is 3.48. The number of nitrogens with one attached hydrogen (secondary N) is 1. The van der Waals surface area contributed by atoms with Gasteiger partial charge in [-0.2, -0.15) is 5.10 Å². The van der Waals surface area contributed by atoms with Crippen LogP contribution >= 0.6 is 0 Å². The summed E-state index contributed by atoms with van der Waals surface area (Å²) in [6.45, 7) is 5.42. The molecule has 1 aliphatic rings. The fraction of sp³-hybridized carbons (Fsp3) is 0.769. The number of aromatic nitrogens is 2. The summed E-state index contributed by atoms with van der Waals surface area (Å²) < 4.78 is 2.05. The van der Waals surface area contributed by atoms with Gasteiger partial charge in [0.15, 0.2) is 0 Å². The first-order valence-electron chi connectivity index (χ1n) is 6.49. The highest BCUT2D eigenvalue weighted by atomic mass is 15.3. The molecule has 2 rings (SSSR count). The Balaban J connectivity index is 2.02. The molecule has 1 saturated carbocycles. The van der Waals surface area contributed by atoms with Crippen LogP contribution in [-0.4, -0.2) is 22.4 Å². The van der Waals surface area contributed by atoms with E-state index in [4.69, 9.17) is 0 Å². The number of likely N-dealkylation sites (N-methyl/N-ethyl adjacent to an activating group) is 1. The van der Waals surface area contributed by atoms with Gasteiger partial charge in [-0.3, -0.25) is 4.68 Å². The van der Waals surface area contributed by atoms with Crippen LogP contribution in [0.5, 0.6) is 0 Å². The second-order valence-electron chi connectivity index (χ2n) is 4.81. The van der Waals surface area contributed by atoms with Crippen molar-refractivity contribution in [3.63, 3.8) is 0 Å². The van der Waals surface area contributed by atoms with Crippen molar-refractivity contribution in [1.29, 1.82) is 0 Å². The van der Waals surface area contributed by atoms with Gasteiger partial charge in [0.05, 0.1) is 5.69 Å².